The molecule has 15 rings (SSSR count). The van der Waals surface area contributed by atoms with Crippen LogP contribution in [0.5, 0.6) is 0 Å². The van der Waals surface area contributed by atoms with E-state index in [9.17, 15) is 86.0 Å². The van der Waals surface area contributed by atoms with E-state index in [-0.39, 0.29) is 157 Å². The zero-order chi connectivity index (χ0) is 91.1. The molecule has 0 fully saturated rings. The number of nitrogens with zero attached hydrogens (tertiary/aromatic N) is 36. The smallest absolute Gasteiger partial charge is 0.307 e. The predicted octanol–water partition coefficient (Wildman–Crippen LogP) is 8.94. The Morgan fingerprint density at radius 1 is 0.254 bits per heavy atom. The van der Waals surface area contributed by atoms with Crippen molar-refractivity contribution in [3.63, 3.8) is 0 Å². The molecule has 40 heteroatoms. The van der Waals surface area contributed by atoms with Crippen LogP contribution in [0.25, 0.3) is 136 Å². The Labute approximate surface area is 699 Å². The first-order chi connectivity index (χ1) is 61.1. The molecule has 0 atom stereocenters. The maximum Gasteiger partial charge on any atom is 0.307 e. The lowest BCUT2D eigenvalue weighted by molar-refractivity contribution is 0.434. The first-order valence-corrected chi connectivity index (χ1v) is 33.5. The van der Waals surface area contributed by atoms with Crippen LogP contribution in [0.3, 0.4) is 0 Å². The SMILES string of the molecule is N#CC(C#N)=c1c(F)c(F)c(=C(C#N)C#N)c(F)c1F.N#CC(C#N)=c1ccc(=C(C#N)C#N)cc1.N#Cc1nc(C#N)c2c(n1)c1c(C#N)nc(C#N)nc1c1c(C#N)nc(C#N)nc21.[C-]#[N+]/C(C#N)=C1/c2ccccc2-c2cc3c(cc21)-c1ccccc1/C3=C(/C#N)[N+]#[C-].[C-]#[N+]c1nc2c3nc(C#N)c(C#N)nc3c3nc(C#N)c(C#N)nc3c2nc1C#N. The molecule has 0 amide bonds. The van der Waals surface area contributed by atoms with Crippen LogP contribution in [-0.4, -0.2) is 59.8 Å². The first-order valence-electron chi connectivity index (χ1n) is 33.5. The zero-order valence-electron chi connectivity index (χ0n) is 61.7. The number of allylic oxidation sites excluding steroid dienone is 2. The molecule has 36 nitrogen and oxygen atoms in total. The number of fused-ring (bicyclic) bond motifs is 18. The molecule has 6 heterocycles. The Hall–Kier alpha value is -23.0. The van der Waals surface area contributed by atoms with E-state index in [1.54, 1.807) is 72.8 Å². The fraction of sp³-hybridized carbons (Fsp3) is 0. The number of benzene rings is 7. The van der Waals surface area contributed by atoms with Gasteiger partial charge in [-0.2, -0.15) is 100.0 Å². The maximum atomic E-state index is 13.6. The van der Waals surface area contributed by atoms with E-state index in [0.29, 0.717) is 21.6 Å². The highest BCUT2D eigenvalue weighted by atomic mass is 19.2. The van der Waals surface area contributed by atoms with Crippen LogP contribution in [0.2, 0.25) is 0 Å². The van der Waals surface area contributed by atoms with Gasteiger partial charge in [-0.25, -0.2) is 92.6 Å². The van der Waals surface area contributed by atoms with Crippen LogP contribution in [-0.2, 0) is 0 Å². The molecule has 0 saturated heterocycles. The molecule has 2 aliphatic carbocycles. The third-order valence-electron chi connectivity index (χ3n) is 17.7. The fourth-order valence-electron chi connectivity index (χ4n) is 12.6. The standard InChI is InChI=1S/C26H10N4.2C18N12.C12F4N4.C12H4N4/c1-29-23(13-27)25-17-9-5-3-7-15(17)19-12-22-20(11-21(19)25)16-8-4-6-10-18(16)26(22)24(14-28)30-2;1-24-18-11(6-23)29-16-14-12(25-7(2-19)8(3-20)27-14)13-15(17(16)30-18)28-10(5-22)9(4-21)26-13;19-1-7-13-16(28-10(4-22)25-7)14-8(2-20)27-12(6-24)30-18(14)15-9(3-21)26-11(5-23)29-17(13)15;13-9-7(5(1-17)2-18)10(14)12(16)8(11(9)15)6(3-19)4-20;13-5-11(6-14)9-1-2-10(4-3-9)12(7-15)8-16/h3-12H;;;;1-4H/b25-23-,26-24+;;;;. The third kappa shape index (κ3) is 14.4. The number of hydrogen-bond acceptors (Lipinski definition) is 33. The van der Waals surface area contributed by atoms with Gasteiger partial charge in [0, 0.05) is 21.6 Å². The van der Waals surface area contributed by atoms with E-state index >= 15 is 0 Å². The number of hydrogen-bond donors (Lipinski definition) is 0. The summed E-state index contributed by atoms with van der Waals surface area (Å²) in [5.41, 5.74) is 3.64. The summed E-state index contributed by atoms with van der Waals surface area (Å²) in [5, 5.41) is 189. The summed E-state index contributed by atoms with van der Waals surface area (Å²) in [6.07, 6.45) is 0. The summed E-state index contributed by atoms with van der Waals surface area (Å²) < 4.78 is 54.5. The van der Waals surface area contributed by atoms with Crippen molar-refractivity contribution in [3.8, 4) is 150 Å². The molecular weight excluding hydrogens is 1610 g/mol. The van der Waals surface area contributed by atoms with Gasteiger partial charge in [-0.05, 0) is 56.6 Å². The zero-order valence-corrected chi connectivity index (χ0v) is 61.7. The fourth-order valence-corrected chi connectivity index (χ4v) is 12.6. The van der Waals surface area contributed by atoms with Crippen molar-refractivity contribution in [2.75, 3.05) is 0 Å². The van der Waals surface area contributed by atoms with Gasteiger partial charge in [-0.3, -0.25) is 0 Å². The number of halogens is 4. The lowest BCUT2D eigenvalue weighted by atomic mass is 9.95. The number of rotatable bonds is 0. The highest BCUT2D eigenvalue weighted by Crippen LogP contribution is 2.53. The molecule has 6 aromatic heterocycles. The van der Waals surface area contributed by atoms with E-state index < -0.39 is 44.9 Å². The van der Waals surface area contributed by atoms with Crippen molar-refractivity contribution in [2.24, 2.45) is 0 Å². The van der Waals surface area contributed by atoms with E-state index in [2.05, 4.69) is 74.3 Å². The predicted molar refractivity (Wildman–Crippen MR) is 413 cm³/mol. The van der Waals surface area contributed by atoms with Crippen molar-refractivity contribution in [3.05, 3.63) is 260 Å². The molecule has 0 aliphatic heterocycles. The third-order valence-corrected chi connectivity index (χ3v) is 17.7. The van der Waals surface area contributed by atoms with Crippen molar-refractivity contribution >= 4 is 105 Å². The molecular formula is C86H14F4N36. The van der Waals surface area contributed by atoms with E-state index in [1.807, 2.05) is 91.0 Å². The van der Waals surface area contributed by atoms with Gasteiger partial charge in [0.2, 0.25) is 23.0 Å². The Kier molecular flexibility index (Phi) is 23.7. The molecule has 0 radical (unpaired) electrons. The summed E-state index contributed by atoms with van der Waals surface area (Å²) in [5.74, 6) is -9.49. The first kappa shape index (κ1) is 83.9. The monoisotopic (exact) mass is 1630 g/mol. The van der Waals surface area contributed by atoms with Gasteiger partial charge in [0.1, 0.15) is 165 Å². The van der Waals surface area contributed by atoms with Gasteiger partial charge >= 0.3 is 5.82 Å². The van der Waals surface area contributed by atoms with Gasteiger partial charge in [0.15, 0.2) is 68.8 Å². The Bertz CT molecular complexity index is 7880. The van der Waals surface area contributed by atoms with Crippen LogP contribution in [0.15, 0.2) is 96.3 Å². The van der Waals surface area contributed by atoms with Gasteiger partial charge in [0.05, 0.1) is 68.4 Å². The molecule has 13 aromatic rings. The van der Waals surface area contributed by atoms with Crippen molar-refractivity contribution in [1.82, 2.24) is 59.8 Å². The maximum absolute atomic E-state index is 13.6. The van der Waals surface area contributed by atoms with E-state index in [4.69, 9.17) is 61.8 Å². The topological polar surface area (TPSA) is 667 Å². The minimum Gasteiger partial charge on any atom is -0.358 e. The molecule has 2 aliphatic rings. The molecule has 0 N–H and O–H groups in total. The lowest BCUT2D eigenvalue weighted by Gasteiger charge is -2.11. The second kappa shape index (κ2) is 35.6. The largest absolute Gasteiger partial charge is 0.358 e. The normalized spacial score (nSPS) is 10.7. The average molecular weight is 1630 g/mol. The molecule has 0 bridgehead atoms. The van der Waals surface area contributed by atoms with Crippen molar-refractivity contribution < 1.29 is 17.6 Å². The summed E-state index contributed by atoms with van der Waals surface area (Å²) in [6.45, 7) is 22.2. The lowest BCUT2D eigenvalue weighted by Crippen LogP contribution is -2.31. The highest BCUT2D eigenvalue weighted by Gasteiger charge is 2.34. The second-order valence-electron chi connectivity index (χ2n) is 23.9. The van der Waals surface area contributed by atoms with Gasteiger partial charge < -0.3 is 4.85 Å². The average Bonchev–Trinajstić information content (AvgIpc) is 1.12. The number of aromatic nitrogens is 12. The van der Waals surface area contributed by atoms with Crippen LogP contribution >= 0.6 is 0 Å². The van der Waals surface area contributed by atoms with Crippen LogP contribution in [0.4, 0.5) is 23.4 Å². The van der Waals surface area contributed by atoms with Crippen LogP contribution in [0.1, 0.15) is 85.3 Å². The minimum atomic E-state index is -2.03. The van der Waals surface area contributed by atoms with Crippen LogP contribution in [0, 0.1) is 281 Å². The molecule has 566 valence electrons. The summed E-state index contributed by atoms with van der Waals surface area (Å²) in [6, 6.07) is 60.5. The van der Waals surface area contributed by atoms with Gasteiger partial charge in [-0.1, -0.05) is 79.4 Å². The Morgan fingerprint density at radius 2 is 0.516 bits per heavy atom. The van der Waals surface area contributed by atoms with Crippen molar-refractivity contribution in [2.45, 2.75) is 0 Å². The van der Waals surface area contributed by atoms with Crippen molar-refractivity contribution in [1.29, 1.82) is 110 Å². The minimum absolute atomic E-state index is 0.000734. The second-order valence-corrected chi connectivity index (χ2v) is 23.9. The molecule has 126 heavy (non-hydrogen) atoms. The molecule has 0 saturated carbocycles. The highest BCUT2D eigenvalue weighted by molar-refractivity contribution is 6.25. The summed E-state index contributed by atoms with van der Waals surface area (Å²) in [4.78, 5) is 58.7. The Balaban J connectivity index is 0.000000156. The van der Waals surface area contributed by atoms with Gasteiger partial charge in [0.25, 0.3) is 11.4 Å². The van der Waals surface area contributed by atoms with Gasteiger partial charge in [-0.15, -0.1) is 4.98 Å². The molecule has 7 aromatic carbocycles. The van der Waals surface area contributed by atoms with E-state index in [1.165, 1.54) is 24.3 Å². The summed E-state index contributed by atoms with van der Waals surface area (Å²) in [7, 11) is 0. The van der Waals surface area contributed by atoms with E-state index in [0.717, 1.165) is 68.8 Å². The molecule has 0 spiro atoms. The van der Waals surface area contributed by atoms with Crippen LogP contribution < -0.4 is 20.9 Å². The molecule has 0 unspecified atom stereocenters. The quantitative estimate of drug-likeness (QED) is 0.0449. The Morgan fingerprint density at radius 3 is 0.754 bits per heavy atom. The summed E-state index contributed by atoms with van der Waals surface area (Å²) >= 11 is 0. The number of nitriles is 21.